The van der Waals surface area contributed by atoms with Crippen molar-refractivity contribution < 1.29 is 9.59 Å². The molecule has 2 amide bonds. The fraction of sp³-hybridized carbons (Fsp3) is 0.333. The predicted octanol–water partition coefficient (Wildman–Crippen LogP) is -1.12. The second-order valence-electron chi connectivity index (χ2n) is 2.19. The van der Waals surface area contributed by atoms with Crippen molar-refractivity contribution in [1.82, 2.24) is 10.0 Å². The number of amides is 2. The first-order valence-electron chi connectivity index (χ1n) is 2.97. The van der Waals surface area contributed by atoms with E-state index in [9.17, 15) is 9.59 Å². The average molecular weight is 218 g/mol. The molecule has 1 aliphatic heterocycles. The first-order chi connectivity index (χ1) is 5.09. The third-order valence-electron chi connectivity index (χ3n) is 1.62. The molecular formula is C6H7N2O2Se. The molecule has 0 bridgehead atoms. The zero-order valence-corrected chi connectivity index (χ0v) is 7.91. The van der Waals surface area contributed by atoms with Crippen molar-refractivity contribution in [2.75, 3.05) is 14.1 Å². The van der Waals surface area contributed by atoms with E-state index in [0.29, 0.717) is 0 Å². The number of carbonyl (C=O) groups excluding carboxylic acids is 2. The van der Waals surface area contributed by atoms with Crippen molar-refractivity contribution in [3.8, 4) is 0 Å². The minimum absolute atomic E-state index is 0.190. The van der Waals surface area contributed by atoms with Gasteiger partial charge in [0.2, 0.25) is 0 Å². The summed E-state index contributed by atoms with van der Waals surface area (Å²) >= 11 is 2.53. The summed E-state index contributed by atoms with van der Waals surface area (Å²) in [6.07, 6.45) is 0. The van der Waals surface area contributed by atoms with Gasteiger partial charge in [-0.05, 0) is 0 Å². The number of likely N-dealkylation sites (N-methyl/N-ethyl adjacent to an activating group) is 2. The van der Waals surface area contributed by atoms with Gasteiger partial charge >= 0.3 is 72.1 Å². The molecule has 0 spiro atoms. The predicted molar refractivity (Wildman–Crippen MR) is 39.4 cm³/mol. The molecule has 0 aromatic carbocycles. The Morgan fingerprint density at radius 2 is 1.55 bits per heavy atom. The van der Waals surface area contributed by atoms with Crippen LogP contribution in [0.4, 0.5) is 0 Å². The third-order valence-corrected chi connectivity index (χ3v) is 2.11. The summed E-state index contributed by atoms with van der Waals surface area (Å²) < 4.78 is 0. The van der Waals surface area contributed by atoms with Crippen LogP contribution in [0.5, 0.6) is 0 Å². The molecule has 0 N–H and O–H groups in total. The van der Waals surface area contributed by atoms with E-state index >= 15 is 0 Å². The Hall–Kier alpha value is -0.801. The molecule has 1 rings (SSSR count). The van der Waals surface area contributed by atoms with E-state index in [2.05, 4.69) is 16.0 Å². The molecule has 1 saturated heterocycles. The molecule has 1 aliphatic rings. The molecule has 0 aliphatic carbocycles. The van der Waals surface area contributed by atoms with Gasteiger partial charge in [0.05, 0.1) is 0 Å². The summed E-state index contributed by atoms with van der Waals surface area (Å²) in [5.74, 6) is -0.535. The summed E-state index contributed by atoms with van der Waals surface area (Å²) in [5, 5.41) is 2.54. The summed E-state index contributed by atoms with van der Waals surface area (Å²) in [5.41, 5.74) is 0.190. The van der Waals surface area contributed by atoms with Crippen molar-refractivity contribution in [2.24, 2.45) is 0 Å². The van der Waals surface area contributed by atoms with Gasteiger partial charge in [-0.25, -0.2) is 0 Å². The Kier molecular flexibility index (Phi) is 2.02. The summed E-state index contributed by atoms with van der Waals surface area (Å²) in [6.45, 7) is 0. The van der Waals surface area contributed by atoms with Crippen molar-refractivity contribution in [3.05, 3.63) is 10.5 Å². The fourth-order valence-electron chi connectivity index (χ4n) is 0.813. The van der Waals surface area contributed by atoms with E-state index in [-0.39, 0.29) is 17.4 Å². The van der Waals surface area contributed by atoms with Crippen molar-refractivity contribution in [2.45, 2.75) is 0 Å². The van der Waals surface area contributed by atoms with Gasteiger partial charge in [0.15, 0.2) is 0 Å². The van der Waals surface area contributed by atoms with Gasteiger partial charge in [-0.3, -0.25) is 0 Å². The first kappa shape index (κ1) is 8.30. The second-order valence-corrected chi connectivity index (χ2v) is 2.68. The van der Waals surface area contributed by atoms with E-state index < -0.39 is 0 Å². The van der Waals surface area contributed by atoms with Crippen molar-refractivity contribution in [3.63, 3.8) is 0 Å². The Labute approximate surface area is 72.6 Å². The van der Waals surface area contributed by atoms with Crippen LogP contribution in [0.2, 0.25) is 0 Å². The van der Waals surface area contributed by atoms with Gasteiger partial charge in [0, 0.05) is 0 Å². The third kappa shape index (κ3) is 1.06. The Morgan fingerprint density at radius 3 is 1.73 bits per heavy atom. The Bertz CT molecular complexity index is 227. The first-order valence-corrected chi connectivity index (χ1v) is 3.96. The molecule has 0 atom stereocenters. The summed E-state index contributed by atoms with van der Waals surface area (Å²) in [7, 11) is 3.10. The van der Waals surface area contributed by atoms with Gasteiger partial charge in [-0.1, -0.05) is 0 Å². The number of hydrogen-bond donors (Lipinski definition) is 0. The standard InChI is InChI=1S/C6H7N2O2Se/c1-7-5(9)4(3-11)6(10)8(7)2/h3H,1-2H3. The van der Waals surface area contributed by atoms with Gasteiger partial charge in [0.25, 0.3) is 0 Å². The zero-order valence-electron chi connectivity index (χ0n) is 6.20. The van der Waals surface area contributed by atoms with Crippen LogP contribution in [-0.4, -0.2) is 51.9 Å². The van der Waals surface area contributed by atoms with Crippen LogP contribution < -0.4 is 0 Å². The summed E-state index contributed by atoms with van der Waals surface area (Å²) in [4.78, 5) is 23.7. The van der Waals surface area contributed by atoms with E-state index in [1.807, 2.05) is 0 Å². The number of rotatable bonds is 0. The SMILES string of the molecule is CN1C(=O)C(=C[Se])C(=O)N1C. The fourth-order valence-corrected chi connectivity index (χ4v) is 1.24. The van der Waals surface area contributed by atoms with Crippen LogP contribution in [-0.2, 0) is 9.59 Å². The van der Waals surface area contributed by atoms with Crippen LogP contribution in [0.3, 0.4) is 0 Å². The maximum atomic E-state index is 11.1. The van der Waals surface area contributed by atoms with Gasteiger partial charge in [0.1, 0.15) is 0 Å². The van der Waals surface area contributed by atoms with Crippen LogP contribution in [0.25, 0.3) is 0 Å². The van der Waals surface area contributed by atoms with E-state index in [0.717, 1.165) is 0 Å². The Morgan fingerprint density at radius 1 is 1.18 bits per heavy atom. The van der Waals surface area contributed by atoms with Crippen LogP contribution >= 0.6 is 0 Å². The number of hydrazine groups is 1. The monoisotopic (exact) mass is 219 g/mol. The van der Waals surface area contributed by atoms with E-state index in [1.165, 1.54) is 15.0 Å². The topological polar surface area (TPSA) is 40.6 Å². The molecule has 59 valence electrons. The summed E-state index contributed by atoms with van der Waals surface area (Å²) in [6, 6.07) is 0. The van der Waals surface area contributed by atoms with Crippen LogP contribution in [0.1, 0.15) is 0 Å². The quantitative estimate of drug-likeness (QED) is 0.293. The Balaban J connectivity index is 3.05. The molecule has 11 heavy (non-hydrogen) atoms. The van der Waals surface area contributed by atoms with E-state index in [4.69, 9.17) is 0 Å². The normalized spacial score (nSPS) is 18.2. The molecule has 0 aromatic heterocycles. The zero-order chi connectivity index (χ0) is 8.59. The number of hydrogen-bond acceptors (Lipinski definition) is 2. The molecule has 1 radical (unpaired) electrons. The number of carbonyl (C=O) groups is 2. The maximum absolute atomic E-state index is 11.1. The molecule has 1 heterocycles. The average Bonchev–Trinajstić information content (AvgIpc) is 2.17. The van der Waals surface area contributed by atoms with Crippen LogP contribution in [0, 0.1) is 0 Å². The molecule has 4 nitrogen and oxygen atoms in total. The molecule has 0 unspecified atom stereocenters. The molecule has 0 aromatic rings. The molecule has 5 heteroatoms. The number of nitrogens with zero attached hydrogens (tertiary/aromatic N) is 2. The van der Waals surface area contributed by atoms with Gasteiger partial charge < -0.3 is 0 Å². The van der Waals surface area contributed by atoms with Crippen LogP contribution in [0.15, 0.2) is 10.5 Å². The molecule has 0 saturated carbocycles. The molecule has 1 fully saturated rings. The van der Waals surface area contributed by atoms with Crippen molar-refractivity contribution in [1.29, 1.82) is 0 Å². The minimum atomic E-state index is -0.267. The molecular weight excluding hydrogens is 211 g/mol. The van der Waals surface area contributed by atoms with Gasteiger partial charge in [-0.15, -0.1) is 0 Å². The van der Waals surface area contributed by atoms with Crippen molar-refractivity contribution >= 4 is 27.8 Å². The van der Waals surface area contributed by atoms with Gasteiger partial charge in [-0.2, -0.15) is 0 Å². The van der Waals surface area contributed by atoms with E-state index in [1.54, 1.807) is 14.1 Å². The second kappa shape index (κ2) is 2.68.